The average molecular weight is 479 g/mol. The van der Waals surface area contributed by atoms with Crippen molar-refractivity contribution < 1.29 is 13.5 Å². The maximum absolute atomic E-state index is 14.7. The summed E-state index contributed by atoms with van der Waals surface area (Å²) in [6.07, 6.45) is 3.73. The molecule has 0 aliphatic rings. The highest BCUT2D eigenvalue weighted by Gasteiger charge is 2.14. The van der Waals surface area contributed by atoms with Crippen LogP contribution in [0.2, 0.25) is 5.15 Å². The van der Waals surface area contributed by atoms with E-state index >= 15 is 0 Å². The lowest BCUT2D eigenvalue weighted by Gasteiger charge is -2.13. The van der Waals surface area contributed by atoms with Crippen molar-refractivity contribution in [3.8, 4) is 11.5 Å². The van der Waals surface area contributed by atoms with Gasteiger partial charge in [0.05, 0.1) is 28.1 Å². The number of rotatable bonds is 4. The molecule has 0 unspecified atom stereocenters. The minimum atomic E-state index is -0.593. The van der Waals surface area contributed by atoms with Crippen molar-refractivity contribution in [3.63, 3.8) is 0 Å². The highest BCUT2D eigenvalue weighted by molar-refractivity contribution is 9.10. The standard InChI is InChI=1S/C19H11BrClF2N5O/c1-9-2-14(13(23)5-16(9)29-11-3-10(22)6-24-7-11)27-19-17-15(25-8-26-19)4-12(20)18(21)28-17/h2-8H,1H3,(H,25,26,27). The summed E-state index contributed by atoms with van der Waals surface area (Å²) in [6, 6.07) is 5.61. The fourth-order valence-corrected chi connectivity index (χ4v) is 3.05. The third-order valence-corrected chi connectivity index (χ3v) is 5.07. The van der Waals surface area contributed by atoms with E-state index in [1.54, 1.807) is 19.1 Å². The van der Waals surface area contributed by atoms with Gasteiger partial charge in [0.15, 0.2) is 5.82 Å². The van der Waals surface area contributed by atoms with Gasteiger partial charge < -0.3 is 10.1 Å². The zero-order valence-electron chi connectivity index (χ0n) is 14.8. The first-order valence-electron chi connectivity index (χ1n) is 8.23. The molecular formula is C19H11BrClF2N5O. The molecule has 3 heterocycles. The van der Waals surface area contributed by atoms with Crippen LogP contribution in [0, 0.1) is 18.6 Å². The number of halogens is 4. The van der Waals surface area contributed by atoms with Crippen molar-refractivity contribution in [2.45, 2.75) is 6.92 Å². The number of benzene rings is 1. The van der Waals surface area contributed by atoms with Crippen molar-refractivity contribution in [1.82, 2.24) is 19.9 Å². The Morgan fingerprint density at radius 1 is 1.10 bits per heavy atom. The van der Waals surface area contributed by atoms with E-state index in [9.17, 15) is 8.78 Å². The normalized spacial score (nSPS) is 10.9. The van der Waals surface area contributed by atoms with Crippen LogP contribution in [0.3, 0.4) is 0 Å². The van der Waals surface area contributed by atoms with Gasteiger partial charge in [-0.25, -0.2) is 23.7 Å². The molecule has 0 bridgehead atoms. The Bertz CT molecular complexity index is 1240. The summed E-state index contributed by atoms with van der Waals surface area (Å²) in [4.78, 5) is 16.2. The number of hydrogen-bond acceptors (Lipinski definition) is 6. The number of pyridine rings is 2. The molecule has 10 heteroatoms. The molecule has 4 aromatic rings. The van der Waals surface area contributed by atoms with E-state index in [4.69, 9.17) is 16.3 Å². The molecule has 0 saturated heterocycles. The van der Waals surface area contributed by atoms with Crippen LogP contribution in [0.25, 0.3) is 11.0 Å². The lowest BCUT2D eigenvalue weighted by molar-refractivity contribution is 0.465. The third kappa shape index (κ3) is 4.10. The molecule has 29 heavy (non-hydrogen) atoms. The van der Waals surface area contributed by atoms with Gasteiger partial charge in [-0.3, -0.25) is 4.98 Å². The van der Waals surface area contributed by atoms with Crippen LogP contribution < -0.4 is 10.1 Å². The molecule has 0 radical (unpaired) electrons. The topological polar surface area (TPSA) is 72.8 Å². The Morgan fingerprint density at radius 2 is 1.93 bits per heavy atom. The van der Waals surface area contributed by atoms with Crippen molar-refractivity contribution in [3.05, 3.63) is 69.8 Å². The van der Waals surface area contributed by atoms with E-state index in [1.807, 2.05) is 0 Å². The molecule has 0 fully saturated rings. The number of aromatic nitrogens is 4. The molecule has 0 spiro atoms. The molecule has 0 aliphatic carbocycles. The lowest BCUT2D eigenvalue weighted by atomic mass is 10.2. The second-order valence-electron chi connectivity index (χ2n) is 6.01. The van der Waals surface area contributed by atoms with E-state index in [2.05, 4.69) is 41.2 Å². The minimum Gasteiger partial charge on any atom is -0.455 e. The second-order valence-corrected chi connectivity index (χ2v) is 7.23. The molecule has 0 atom stereocenters. The number of aryl methyl sites for hydroxylation is 1. The molecule has 3 aromatic heterocycles. The van der Waals surface area contributed by atoms with Crippen LogP contribution in [-0.4, -0.2) is 19.9 Å². The molecule has 1 aromatic carbocycles. The third-order valence-electron chi connectivity index (χ3n) is 3.95. The average Bonchev–Trinajstić information content (AvgIpc) is 2.67. The number of fused-ring (bicyclic) bond motifs is 1. The van der Waals surface area contributed by atoms with Gasteiger partial charge >= 0.3 is 0 Å². The van der Waals surface area contributed by atoms with E-state index in [-0.39, 0.29) is 22.3 Å². The van der Waals surface area contributed by atoms with Gasteiger partial charge in [-0.2, -0.15) is 0 Å². The van der Waals surface area contributed by atoms with Gasteiger partial charge in [0, 0.05) is 12.1 Å². The Hall–Kier alpha value is -2.91. The first-order valence-corrected chi connectivity index (χ1v) is 9.40. The van der Waals surface area contributed by atoms with Crippen LogP contribution in [0.15, 0.2) is 47.5 Å². The first kappa shape index (κ1) is 19.4. The molecule has 0 amide bonds. The Morgan fingerprint density at radius 3 is 2.72 bits per heavy atom. The smallest absolute Gasteiger partial charge is 0.160 e. The summed E-state index contributed by atoms with van der Waals surface area (Å²) < 4.78 is 34.1. The van der Waals surface area contributed by atoms with Crippen LogP contribution in [0.5, 0.6) is 11.5 Å². The molecular weight excluding hydrogens is 468 g/mol. The van der Waals surface area contributed by atoms with Gasteiger partial charge in [0.25, 0.3) is 0 Å². The number of ether oxygens (including phenoxy) is 1. The summed E-state index contributed by atoms with van der Waals surface area (Å²) in [5.41, 5.74) is 1.71. The number of nitrogens with zero attached hydrogens (tertiary/aromatic N) is 4. The fourth-order valence-electron chi connectivity index (χ4n) is 2.60. The largest absolute Gasteiger partial charge is 0.455 e. The predicted octanol–water partition coefficient (Wildman–Crippen LogP) is 5.96. The number of hydrogen-bond donors (Lipinski definition) is 1. The molecule has 0 saturated carbocycles. The van der Waals surface area contributed by atoms with Gasteiger partial charge in [-0.1, -0.05) is 11.6 Å². The Labute approximate surface area is 177 Å². The molecule has 1 N–H and O–H groups in total. The minimum absolute atomic E-state index is 0.160. The van der Waals surface area contributed by atoms with Crippen molar-refractivity contribution >= 4 is 50.1 Å². The van der Waals surface area contributed by atoms with Gasteiger partial charge in [-0.15, -0.1) is 0 Å². The van der Waals surface area contributed by atoms with Crippen molar-refractivity contribution in [2.75, 3.05) is 5.32 Å². The van der Waals surface area contributed by atoms with Crippen molar-refractivity contribution in [2.24, 2.45) is 0 Å². The number of anilines is 2. The highest BCUT2D eigenvalue weighted by atomic mass is 79.9. The van der Waals surface area contributed by atoms with Gasteiger partial charge in [0.2, 0.25) is 0 Å². The first-order chi connectivity index (χ1) is 13.9. The Balaban J connectivity index is 1.67. The van der Waals surface area contributed by atoms with Gasteiger partial charge in [-0.05, 0) is 40.5 Å². The number of nitrogens with one attached hydrogen (secondary N) is 1. The van der Waals surface area contributed by atoms with E-state index in [0.29, 0.717) is 26.9 Å². The summed E-state index contributed by atoms with van der Waals surface area (Å²) >= 11 is 9.36. The highest BCUT2D eigenvalue weighted by Crippen LogP contribution is 2.33. The van der Waals surface area contributed by atoms with Crippen LogP contribution in [0.1, 0.15) is 5.56 Å². The van der Waals surface area contributed by atoms with Crippen molar-refractivity contribution in [1.29, 1.82) is 0 Å². The molecule has 6 nitrogen and oxygen atoms in total. The molecule has 146 valence electrons. The maximum Gasteiger partial charge on any atom is 0.160 e. The lowest BCUT2D eigenvalue weighted by Crippen LogP contribution is -2.01. The summed E-state index contributed by atoms with van der Waals surface area (Å²) in [7, 11) is 0. The Kier molecular flexibility index (Phi) is 5.25. The van der Waals surface area contributed by atoms with Crippen LogP contribution >= 0.6 is 27.5 Å². The quantitative estimate of drug-likeness (QED) is 0.365. The zero-order chi connectivity index (χ0) is 20.5. The van der Waals surface area contributed by atoms with E-state index in [1.165, 1.54) is 18.6 Å². The fraction of sp³-hybridized carbons (Fsp3) is 0.0526. The van der Waals surface area contributed by atoms with E-state index in [0.717, 1.165) is 12.3 Å². The maximum atomic E-state index is 14.7. The molecule has 4 rings (SSSR count). The SMILES string of the molecule is Cc1cc(Nc2ncnc3cc(Br)c(Cl)nc23)c(F)cc1Oc1cncc(F)c1. The summed E-state index contributed by atoms with van der Waals surface area (Å²) in [6.45, 7) is 1.73. The molecule has 0 aliphatic heterocycles. The summed E-state index contributed by atoms with van der Waals surface area (Å²) in [5.74, 6) is -0.444. The van der Waals surface area contributed by atoms with E-state index < -0.39 is 11.6 Å². The second kappa shape index (κ2) is 7.84. The van der Waals surface area contributed by atoms with Crippen LogP contribution in [0.4, 0.5) is 20.3 Å². The predicted molar refractivity (Wildman–Crippen MR) is 109 cm³/mol. The summed E-state index contributed by atoms with van der Waals surface area (Å²) in [5, 5.41) is 3.15. The van der Waals surface area contributed by atoms with Gasteiger partial charge in [0.1, 0.15) is 40.1 Å². The van der Waals surface area contributed by atoms with Crippen LogP contribution in [-0.2, 0) is 0 Å². The zero-order valence-corrected chi connectivity index (χ0v) is 17.1. The monoisotopic (exact) mass is 477 g/mol.